The van der Waals surface area contributed by atoms with Crippen molar-refractivity contribution < 1.29 is 4.79 Å². The van der Waals surface area contributed by atoms with Crippen molar-refractivity contribution in [1.82, 2.24) is 21.0 Å². The highest BCUT2D eigenvalue weighted by Gasteiger charge is 2.02. The largest absolute Gasteiger partial charge is 0.375 e. The minimum atomic E-state index is -0.510. The highest BCUT2D eigenvalue weighted by molar-refractivity contribution is 7.80. The molecule has 0 fully saturated rings. The molecule has 5 N–H and O–H groups in total. The predicted octanol–water partition coefficient (Wildman–Crippen LogP) is -0.592. The van der Waals surface area contributed by atoms with Crippen molar-refractivity contribution in [3.63, 3.8) is 0 Å². The third-order valence-corrected chi connectivity index (χ3v) is 1.59. The van der Waals surface area contributed by atoms with Crippen LogP contribution in [-0.2, 0) is 0 Å². The number of anilines is 1. The Bertz CT molecular complexity index is 298. The summed E-state index contributed by atoms with van der Waals surface area (Å²) in [7, 11) is 0. The molecule has 7 nitrogen and oxygen atoms in total. The lowest BCUT2D eigenvalue weighted by Gasteiger charge is -2.04. The molecule has 2 amide bonds. The van der Waals surface area contributed by atoms with E-state index in [0.29, 0.717) is 5.13 Å². The summed E-state index contributed by atoms with van der Waals surface area (Å²) in [5.74, 6) is 0. The van der Waals surface area contributed by atoms with Gasteiger partial charge in [-0.05, 0) is 12.2 Å². The minimum absolute atomic E-state index is 0.0209. The van der Waals surface area contributed by atoms with Crippen molar-refractivity contribution in [2.24, 2.45) is 5.73 Å². The van der Waals surface area contributed by atoms with E-state index in [-0.39, 0.29) is 5.11 Å². The van der Waals surface area contributed by atoms with E-state index in [1.807, 2.05) is 0 Å². The first-order chi connectivity index (χ1) is 6.18. The molecule has 9 heteroatoms. The molecule has 0 aromatic carbocycles. The normalized spacial score (nSPS) is 8.92. The number of thiocarbonyl (C=S) groups is 1. The fourth-order valence-corrected chi connectivity index (χ4v) is 0.965. The van der Waals surface area contributed by atoms with Crippen LogP contribution >= 0.6 is 23.6 Å². The van der Waals surface area contributed by atoms with Crippen LogP contribution in [0.15, 0.2) is 5.51 Å². The first-order valence-corrected chi connectivity index (χ1v) is 4.36. The Morgan fingerprint density at radius 1 is 1.62 bits per heavy atom. The maximum absolute atomic E-state index is 11.0. The number of amides is 2. The number of nitrogens with one attached hydrogen (secondary N) is 3. The Balaban J connectivity index is 2.30. The standard InChI is InChI=1S/C4H6N6OS2/c5-2(12)8-9-3(11)7-4-10-6-1-13-4/h1H,(H3,5,8,12)(H2,7,9,10,11). The lowest BCUT2D eigenvalue weighted by Crippen LogP contribution is -2.46. The molecule has 0 saturated heterocycles. The van der Waals surface area contributed by atoms with Crippen LogP contribution in [0.3, 0.4) is 0 Å². The second kappa shape index (κ2) is 4.52. The molecule has 0 bridgehead atoms. The van der Waals surface area contributed by atoms with Crippen molar-refractivity contribution in [2.75, 3.05) is 5.32 Å². The highest BCUT2D eigenvalue weighted by Crippen LogP contribution is 2.06. The molecule has 0 atom stereocenters. The van der Waals surface area contributed by atoms with Crippen LogP contribution in [-0.4, -0.2) is 21.3 Å². The molecule has 0 aliphatic carbocycles. The number of rotatable bonds is 1. The van der Waals surface area contributed by atoms with Gasteiger partial charge in [0.1, 0.15) is 5.51 Å². The molecule has 1 heterocycles. The predicted molar refractivity (Wildman–Crippen MR) is 52.0 cm³/mol. The van der Waals surface area contributed by atoms with Crippen molar-refractivity contribution in [3.8, 4) is 0 Å². The van der Waals surface area contributed by atoms with Crippen LogP contribution in [0.1, 0.15) is 0 Å². The number of nitrogens with two attached hydrogens (primary N) is 1. The zero-order valence-corrected chi connectivity index (χ0v) is 7.91. The molecule has 0 spiro atoms. The van der Waals surface area contributed by atoms with Crippen molar-refractivity contribution in [2.45, 2.75) is 0 Å². The number of carbonyl (C=O) groups is 1. The Hall–Kier alpha value is -1.48. The van der Waals surface area contributed by atoms with Crippen molar-refractivity contribution in [3.05, 3.63) is 5.51 Å². The summed E-state index contributed by atoms with van der Waals surface area (Å²) in [6, 6.07) is -0.510. The SMILES string of the molecule is NC(=S)NNC(=O)Nc1nncs1. The molecule has 0 saturated carbocycles. The van der Waals surface area contributed by atoms with Gasteiger partial charge in [0.15, 0.2) is 5.11 Å². The van der Waals surface area contributed by atoms with Crippen LogP contribution in [0.4, 0.5) is 9.93 Å². The van der Waals surface area contributed by atoms with Gasteiger partial charge in [0.25, 0.3) is 0 Å². The minimum Gasteiger partial charge on any atom is -0.375 e. The number of aromatic nitrogens is 2. The van der Waals surface area contributed by atoms with Gasteiger partial charge in [-0.2, -0.15) is 0 Å². The van der Waals surface area contributed by atoms with Crippen molar-refractivity contribution >= 4 is 39.8 Å². The third kappa shape index (κ3) is 3.62. The van der Waals surface area contributed by atoms with E-state index >= 15 is 0 Å². The van der Waals surface area contributed by atoms with E-state index in [4.69, 9.17) is 5.73 Å². The van der Waals surface area contributed by atoms with Gasteiger partial charge in [-0.3, -0.25) is 10.7 Å². The summed E-state index contributed by atoms with van der Waals surface area (Å²) in [5.41, 5.74) is 11.0. The average molecular weight is 218 g/mol. The summed E-state index contributed by atoms with van der Waals surface area (Å²) < 4.78 is 0. The molecule has 13 heavy (non-hydrogen) atoms. The Morgan fingerprint density at radius 2 is 2.38 bits per heavy atom. The number of hydrogen-bond acceptors (Lipinski definition) is 5. The van der Waals surface area contributed by atoms with Crippen LogP contribution < -0.4 is 21.9 Å². The smallest absolute Gasteiger partial charge is 0.339 e. The molecular weight excluding hydrogens is 212 g/mol. The lowest BCUT2D eigenvalue weighted by molar-refractivity contribution is 0.250. The first-order valence-electron chi connectivity index (χ1n) is 3.07. The lowest BCUT2D eigenvalue weighted by atomic mass is 10.9. The summed E-state index contributed by atoms with van der Waals surface area (Å²) in [5, 5.41) is 9.88. The number of carbonyl (C=O) groups excluding carboxylic acids is 1. The van der Waals surface area contributed by atoms with Gasteiger partial charge >= 0.3 is 6.03 Å². The van der Waals surface area contributed by atoms with E-state index in [0.717, 1.165) is 0 Å². The fraction of sp³-hybridized carbons (Fsp3) is 0. The second-order valence-corrected chi connectivity index (χ2v) is 3.09. The van der Waals surface area contributed by atoms with E-state index in [9.17, 15) is 4.79 Å². The Morgan fingerprint density at radius 3 is 2.92 bits per heavy atom. The zero-order valence-electron chi connectivity index (χ0n) is 6.27. The van der Waals surface area contributed by atoms with Gasteiger partial charge in [0.05, 0.1) is 0 Å². The van der Waals surface area contributed by atoms with Gasteiger partial charge in [0, 0.05) is 0 Å². The zero-order chi connectivity index (χ0) is 9.68. The summed E-state index contributed by atoms with van der Waals surface area (Å²) >= 11 is 5.66. The monoisotopic (exact) mass is 218 g/mol. The van der Waals surface area contributed by atoms with Gasteiger partial charge in [-0.25, -0.2) is 10.2 Å². The molecule has 0 aliphatic heterocycles. The van der Waals surface area contributed by atoms with Gasteiger partial charge in [-0.1, -0.05) is 11.3 Å². The first kappa shape index (κ1) is 9.61. The molecule has 0 aliphatic rings. The third-order valence-electron chi connectivity index (χ3n) is 0.880. The van der Waals surface area contributed by atoms with Crippen LogP contribution in [0.2, 0.25) is 0 Å². The van der Waals surface area contributed by atoms with E-state index in [1.54, 1.807) is 0 Å². The Labute approximate surface area is 82.7 Å². The topological polar surface area (TPSA) is 105 Å². The number of nitrogens with zero attached hydrogens (tertiary/aromatic N) is 2. The summed E-state index contributed by atoms with van der Waals surface area (Å²) in [4.78, 5) is 11.0. The van der Waals surface area contributed by atoms with Crippen LogP contribution in [0.5, 0.6) is 0 Å². The van der Waals surface area contributed by atoms with E-state index in [2.05, 4.69) is 38.6 Å². The van der Waals surface area contributed by atoms with Crippen LogP contribution in [0, 0.1) is 0 Å². The van der Waals surface area contributed by atoms with Gasteiger partial charge in [-0.15, -0.1) is 10.2 Å². The van der Waals surface area contributed by atoms with E-state index in [1.165, 1.54) is 16.8 Å². The summed E-state index contributed by atoms with van der Waals surface area (Å²) in [6.45, 7) is 0. The molecule has 70 valence electrons. The maximum Gasteiger partial charge on any atom is 0.339 e. The molecule has 1 aromatic heterocycles. The molecule has 0 unspecified atom stereocenters. The number of hydrogen-bond donors (Lipinski definition) is 4. The Kier molecular flexibility index (Phi) is 3.34. The molecule has 1 rings (SSSR count). The van der Waals surface area contributed by atoms with Gasteiger partial charge in [0.2, 0.25) is 5.13 Å². The maximum atomic E-state index is 11.0. The number of hydrazine groups is 1. The quantitative estimate of drug-likeness (QED) is 0.371. The molecular formula is C4H6N6OS2. The number of urea groups is 1. The van der Waals surface area contributed by atoms with Crippen molar-refractivity contribution in [1.29, 1.82) is 0 Å². The average Bonchev–Trinajstić information content (AvgIpc) is 2.53. The van der Waals surface area contributed by atoms with Crippen LogP contribution in [0.25, 0.3) is 0 Å². The second-order valence-electron chi connectivity index (χ2n) is 1.81. The van der Waals surface area contributed by atoms with Gasteiger partial charge < -0.3 is 5.73 Å². The fourth-order valence-electron chi connectivity index (χ4n) is 0.474. The summed E-state index contributed by atoms with van der Waals surface area (Å²) in [6.07, 6.45) is 0. The van der Waals surface area contributed by atoms with E-state index < -0.39 is 6.03 Å². The molecule has 0 radical (unpaired) electrons. The highest BCUT2D eigenvalue weighted by atomic mass is 32.1. The molecule has 1 aromatic rings.